The van der Waals surface area contributed by atoms with Crippen molar-refractivity contribution in [3.05, 3.63) is 98.6 Å². The topological polar surface area (TPSA) is 77.5 Å². The second-order valence-corrected chi connectivity index (χ2v) is 8.21. The number of aromatic nitrogens is 2. The van der Waals surface area contributed by atoms with Crippen molar-refractivity contribution in [2.24, 2.45) is 0 Å². The fourth-order valence-electron chi connectivity index (χ4n) is 3.24. The predicted molar refractivity (Wildman–Crippen MR) is 126 cm³/mol. The Morgan fingerprint density at radius 3 is 2.62 bits per heavy atom. The van der Waals surface area contributed by atoms with Crippen LogP contribution in [0.25, 0.3) is 12.2 Å². The maximum Gasteiger partial charge on any atom is 0.421 e. The summed E-state index contributed by atoms with van der Waals surface area (Å²) in [6.07, 6.45) is 7.69. The molecule has 0 saturated heterocycles. The summed E-state index contributed by atoms with van der Waals surface area (Å²) < 4.78 is 11.7. The number of hydrogen-bond acceptors (Lipinski definition) is 6. The molecule has 0 aliphatic rings. The molecule has 32 heavy (non-hydrogen) atoms. The van der Waals surface area contributed by atoms with Gasteiger partial charge >= 0.3 is 5.76 Å². The number of unbranched alkanes of at least 4 members (excludes halogenated alkanes) is 1. The maximum atomic E-state index is 11.4. The molecule has 6 nitrogen and oxygen atoms in total. The normalized spacial score (nSPS) is 11.2. The van der Waals surface area contributed by atoms with Crippen molar-refractivity contribution in [3.8, 4) is 11.6 Å². The molecule has 4 rings (SSSR count). The van der Waals surface area contributed by atoms with E-state index in [1.165, 1.54) is 10.1 Å². The fraction of sp³-hybridized carbons (Fsp3) is 0.200. The Bertz CT molecular complexity index is 1210. The SMILES string of the molecule is O=c1occ(O)n1CCCCc1ccc(OCc2csc(C=Cc3ccccc3)n2)cc1. The summed E-state index contributed by atoms with van der Waals surface area (Å²) in [6, 6.07) is 18.2. The van der Waals surface area contributed by atoms with E-state index in [9.17, 15) is 9.90 Å². The number of benzene rings is 2. The van der Waals surface area contributed by atoms with Gasteiger partial charge in [-0.25, -0.2) is 14.3 Å². The number of aryl methyl sites for hydroxylation is 1. The molecule has 0 unspecified atom stereocenters. The van der Waals surface area contributed by atoms with Crippen LogP contribution >= 0.6 is 11.3 Å². The number of thiazole rings is 1. The molecule has 2 aromatic carbocycles. The second kappa shape index (κ2) is 10.6. The molecule has 0 bridgehead atoms. The van der Waals surface area contributed by atoms with Crippen LogP contribution in [0.4, 0.5) is 0 Å². The van der Waals surface area contributed by atoms with Gasteiger partial charge in [0, 0.05) is 11.9 Å². The van der Waals surface area contributed by atoms with Gasteiger partial charge in [0.25, 0.3) is 0 Å². The summed E-state index contributed by atoms with van der Waals surface area (Å²) >= 11 is 1.60. The molecule has 0 radical (unpaired) electrons. The quantitative estimate of drug-likeness (QED) is 0.330. The summed E-state index contributed by atoms with van der Waals surface area (Å²) in [5, 5.41) is 12.5. The van der Waals surface area contributed by atoms with E-state index in [0.29, 0.717) is 13.2 Å². The van der Waals surface area contributed by atoms with E-state index >= 15 is 0 Å². The molecular weight excluding hydrogens is 424 g/mol. The Hall–Kier alpha value is -3.58. The van der Waals surface area contributed by atoms with E-state index in [1.54, 1.807) is 11.3 Å². The highest BCUT2D eigenvalue weighted by atomic mass is 32.1. The third-order valence-electron chi connectivity index (χ3n) is 4.96. The van der Waals surface area contributed by atoms with E-state index in [1.807, 2.05) is 53.9 Å². The lowest BCUT2D eigenvalue weighted by Crippen LogP contribution is -2.13. The first kappa shape index (κ1) is 21.6. The van der Waals surface area contributed by atoms with Crippen LogP contribution < -0.4 is 10.5 Å². The molecule has 4 aromatic rings. The molecule has 7 heteroatoms. The molecule has 0 amide bonds. The molecule has 2 heterocycles. The van der Waals surface area contributed by atoms with Crippen molar-refractivity contribution in [2.45, 2.75) is 32.4 Å². The smallest absolute Gasteiger partial charge is 0.421 e. The first-order valence-corrected chi connectivity index (χ1v) is 11.3. The zero-order valence-corrected chi connectivity index (χ0v) is 18.3. The van der Waals surface area contributed by atoms with Gasteiger partial charge in [0.1, 0.15) is 17.4 Å². The average molecular weight is 449 g/mol. The molecule has 0 atom stereocenters. The zero-order valence-electron chi connectivity index (χ0n) is 17.5. The van der Waals surface area contributed by atoms with Crippen LogP contribution in [0.5, 0.6) is 11.6 Å². The molecule has 2 aromatic heterocycles. The van der Waals surface area contributed by atoms with Gasteiger partial charge in [-0.3, -0.25) is 0 Å². The molecule has 164 valence electrons. The van der Waals surface area contributed by atoms with Gasteiger partial charge in [-0.1, -0.05) is 48.5 Å². The van der Waals surface area contributed by atoms with Crippen molar-refractivity contribution < 1.29 is 14.3 Å². The highest BCUT2D eigenvalue weighted by Crippen LogP contribution is 2.18. The summed E-state index contributed by atoms with van der Waals surface area (Å²) in [7, 11) is 0. The van der Waals surface area contributed by atoms with Crippen LogP contribution in [0.2, 0.25) is 0 Å². The van der Waals surface area contributed by atoms with E-state index in [4.69, 9.17) is 4.74 Å². The molecule has 0 aliphatic carbocycles. The van der Waals surface area contributed by atoms with Gasteiger partial charge in [0.15, 0.2) is 6.26 Å². The van der Waals surface area contributed by atoms with Crippen molar-refractivity contribution in [2.75, 3.05) is 0 Å². The molecule has 0 fully saturated rings. The van der Waals surface area contributed by atoms with Gasteiger partial charge in [0.05, 0.1) is 5.69 Å². The monoisotopic (exact) mass is 448 g/mol. The summed E-state index contributed by atoms with van der Waals surface area (Å²) in [5.41, 5.74) is 3.25. The Morgan fingerprint density at radius 2 is 1.88 bits per heavy atom. The highest BCUT2D eigenvalue weighted by molar-refractivity contribution is 7.10. The van der Waals surface area contributed by atoms with Crippen LogP contribution in [0, 0.1) is 0 Å². The number of oxazole rings is 1. The minimum atomic E-state index is -0.525. The maximum absolute atomic E-state index is 11.4. The number of rotatable bonds is 10. The molecule has 0 aliphatic heterocycles. The standard InChI is InChI=1S/C25H24N2O4S/c28-24-17-31-25(29)27(24)15-5-4-8-20-9-12-22(13-10-20)30-16-21-18-32-23(26-21)14-11-19-6-2-1-3-7-19/h1-3,6-7,9-14,17-18,28H,4-5,8,15-16H2. The first-order chi connectivity index (χ1) is 15.7. The summed E-state index contributed by atoms with van der Waals surface area (Å²) in [5.74, 6) is 0.150. The number of aromatic hydroxyl groups is 1. The van der Waals surface area contributed by atoms with Crippen LogP contribution in [0.3, 0.4) is 0 Å². The summed E-state index contributed by atoms with van der Waals surface area (Å²) in [6.45, 7) is 0.872. The summed E-state index contributed by atoms with van der Waals surface area (Å²) in [4.78, 5) is 16.0. The van der Waals surface area contributed by atoms with E-state index < -0.39 is 5.76 Å². The van der Waals surface area contributed by atoms with Crippen molar-refractivity contribution >= 4 is 23.5 Å². The average Bonchev–Trinajstić information content (AvgIpc) is 3.41. The molecule has 0 saturated carbocycles. The highest BCUT2D eigenvalue weighted by Gasteiger charge is 2.06. The third-order valence-corrected chi connectivity index (χ3v) is 5.82. The van der Waals surface area contributed by atoms with Crippen LogP contribution in [-0.2, 0) is 19.6 Å². The minimum Gasteiger partial charge on any atom is -0.492 e. The Kier molecular flexibility index (Phi) is 7.19. The van der Waals surface area contributed by atoms with Gasteiger partial charge in [-0.2, -0.15) is 0 Å². The Morgan fingerprint density at radius 1 is 1.06 bits per heavy atom. The van der Waals surface area contributed by atoms with Crippen molar-refractivity contribution in [1.82, 2.24) is 9.55 Å². The minimum absolute atomic E-state index is 0.129. The van der Waals surface area contributed by atoms with Crippen molar-refractivity contribution in [3.63, 3.8) is 0 Å². The number of ether oxygens (including phenoxy) is 1. The van der Waals surface area contributed by atoms with E-state index in [2.05, 4.69) is 27.6 Å². The zero-order chi connectivity index (χ0) is 22.2. The van der Waals surface area contributed by atoms with Gasteiger partial charge in [-0.15, -0.1) is 11.3 Å². The number of nitrogens with zero attached hydrogens (tertiary/aromatic N) is 2. The van der Waals surface area contributed by atoms with Crippen LogP contribution in [-0.4, -0.2) is 14.7 Å². The lowest BCUT2D eigenvalue weighted by molar-refractivity contribution is 0.302. The molecule has 1 N–H and O–H groups in total. The van der Waals surface area contributed by atoms with Gasteiger partial charge in [-0.05, 0) is 48.6 Å². The predicted octanol–water partition coefficient (Wildman–Crippen LogP) is 5.38. The Labute approximate surface area is 190 Å². The van der Waals surface area contributed by atoms with Crippen LogP contribution in [0.1, 0.15) is 34.7 Å². The van der Waals surface area contributed by atoms with Gasteiger partial charge in [0.2, 0.25) is 5.88 Å². The fourth-order valence-corrected chi connectivity index (χ4v) is 3.93. The third kappa shape index (κ3) is 5.98. The number of hydrogen-bond donors (Lipinski definition) is 1. The van der Waals surface area contributed by atoms with E-state index in [0.717, 1.165) is 47.5 Å². The Balaban J connectivity index is 1.21. The molecule has 0 spiro atoms. The largest absolute Gasteiger partial charge is 0.492 e. The lowest BCUT2D eigenvalue weighted by Gasteiger charge is -2.06. The van der Waals surface area contributed by atoms with E-state index in [-0.39, 0.29) is 5.88 Å². The molecular formula is C25H24N2O4S. The second-order valence-electron chi connectivity index (χ2n) is 7.32. The lowest BCUT2D eigenvalue weighted by atomic mass is 10.1. The first-order valence-electron chi connectivity index (χ1n) is 10.4. The van der Waals surface area contributed by atoms with Crippen molar-refractivity contribution in [1.29, 1.82) is 0 Å². The van der Waals surface area contributed by atoms with Gasteiger partial charge < -0.3 is 14.3 Å². The van der Waals surface area contributed by atoms with Crippen LogP contribution in [0.15, 0.2) is 75.5 Å².